The van der Waals surface area contributed by atoms with Crippen molar-refractivity contribution in [1.82, 2.24) is 9.97 Å². The number of benzene rings is 1. The van der Waals surface area contributed by atoms with E-state index in [0.717, 1.165) is 5.56 Å². The number of nitro groups is 1. The molecule has 0 bridgehead atoms. The summed E-state index contributed by atoms with van der Waals surface area (Å²) in [5, 5.41) is 11.0. The third-order valence-electron chi connectivity index (χ3n) is 2.28. The fraction of sp³-hybridized carbons (Fsp3) is 0.0909. The monoisotopic (exact) mass is 373 g/mol. The van der Waals surface area contributed by atoms with E-state index in [-0.39, 0.29) is 26.4 Å². The zero-order valence-corrected chi connectivity index (χ0v) is 11.9. The molecular weight excluding hydrogens is 365 g/mol. The van der Waals surface area contributed by atoms with Gasteiger partial charge < -0.3 is 9.72 Å². The van der Waals surface area contributed by atoms with Gasteiger partial charge in [-0.05, 0) is 41.1 Å². The van der Waals surface area contributed by atoms with Crippen molar-refractivity contribution >= 4 is 28.3 Å². The summed E-state index contributed by atoms with van der Waals surface area (Å²) in [6.07, 6.45) is 1.18. The van der Waals surface area contributed by atoms with Crippen LogP contribution in [0.2, 0.25) is 0 Å². The number of aromatic nitrogens is 2. The van der Waals surface area contributed by atoms with E-state index < -0.39 is 4.92 Å². The average Bonchev–Trinajstić information content (AvgIpc) is 2.36. The standard InChI is InChI=1S/C11H8IN3O4/c1-6-2-3-8(7(4-6)15(17)18)19-11-9(12)10(16)13-5-14-11/h2-5H,1H3,(H,13,14,16). The van der Waals surface area contributed by atoms with Crippen LogP contribution in [0.5, 0.6) is 11.6 Å². The van der Waals surface area contributed by atoms with E-state index in [1.165, 1.54) is 18.5 Å². The molecule has 0 saturated heterocycles. The number of H-pyrrole nitrogens is 1. The Kier molecular flexibility index (Phi) is 3.79. The highest BCUT2D eigenvalue weighted by atomic mass is 127. The SMILES string of the molecule is Cc1ccc(Oc2nc[nH]c(=O)c2I)c([N+](=O)[O-])c1. The smallest absolute Gasteiger partial charge is 0.311 e. The minimum Gasteiger partial charge on any atom is -0.430 e. The number of hydrogen-bond donors (Lipinski definition) is 1. The topological polar surface area (TPSA) is 98.1 Å². The molecule has 0 fully saturated rings. The highest BCUT2D eigenvalue weighted by Crippen LogP contribution is 2.31. The zero-order chi connectivity index (χ0) is 14.0. The number of halogens is 1. The summed E-state index contributed by atoms with van der Waals surface area (Å²) >= 11 is 1.77. The summed E-state index contributed by atoms with van der Waals surface area (Å²) < 4.78 is 5.59. The molecule has 2 rings (SSSR count). The van der Waals surface area contributed by atoms with Gasteiger partial charge in [-0.1, -0.05) is 6.07 Å². The van der Waals surface area contributed by atoms with Gasteiger partial charge in [-0.3, -0.25) is 14.9 Å². The van der Waals surface area contributed by atoms with Crippen LogP contribution < -0.4 is 10.3 Å². The van der Waals surface area contributed by atoms with Crippen molar-refractivity contribution in [3.05, 3.63) is 54.1 Å². The van der Waals surface area contributed by atoms with E-state index in [9.17, 15) is 14.9 Å². The van der Waals surface area contributed by atoms with Gasteiger partial charge in [0, 0.05) is 6.07 Å². The van der Waals surface area contributed by atoms with E-state index in [0.29, 0.717) is 0 Å². The van der Waals surface area contributed by atoms with E-state index >= 15 is 0 Å². The molecule has 1 aromatic heterocycles. The number of nitrogens with zero attached hydrogens (tertiary/aromatic N) is 2. The molecule has 0 aliphatic rings. The van der Waals surface area contributed by atoms with Crippen LogP contribution in [0.4, 0.5) is 5.69 Å². The second-order valence-corrected chi connectivity index (χ2v) is 4.76. The maximum atomic E-state index is 11.4. The van der Waals surface area contributed by atoms with E-state index in [2.05, 4.69) is 9.97 Å². The van der Waals surface area contributed by atoms with Crippen LogP contribution in [0.3, 0.4) is 0 Å². The third kappa shape index (κ3) is 2.89. The third-order valence-corrected chi connectivity index (χ3v) is 3.23. The number of aromatic amines is 1. The van der Waals surface area contributed by atoms with Crippen molar-refractivity contribution in [3.8, 4) is 11.6 Å². The molecule has 0 aliphatic heterocycles. The van der Waals surface area contributed by atoms with Crippen LogP contribution in [0.1, 0.15) is 5.56 Å². The van der Waals surface area contributed by atoms with Gasteiger partial charge in [-0.25, -0.2) is 4.98 Å². The van der Waals surface area contributed by atoms with E-state index in [1.807, 2.05) is 0 Å². The second kappa shape index (κ2) is 5.34. The molecule has 0 saturated carbocycles. The van der Waals surface area contributed by atoms with Crippen molar-refractivity contribution in [1.29, 1.82) is 0 Å². The van der Waals surface area contributed by atoms with Gasteiger partial charge in [-0.15, -0.1) is 0 Å². The predicted molar refractivity (Wildman–Crippen MR) is 75.5 cm³/mol. The number of nitro benzene ring substituents is 1. The van der Waals surface area contributed by atoms with Crippen molar-refractivity contribution in [2.75, 3.05) is 0 Å². The normalized spacial score (nSPS) is 10.2. The van der Waals surface area contributed by atoms with Crippen molar-refractivity contribution in [2.45, 2.75) is 6.92 Å². The first-order valence-corrected chi connectivity index (χ1v) is 6.23. The molecule has 7 nitrogen and oxygen atoms in total. The first kappa shape index (κ1) is 13.5. The molecule has 1 aromatic carbocycles. The summed E-state index contributed by atoms with van der Waals surface area (Å²) in [4.78, 5) is 28.0. The number of ether oxygens (including phenoxy) is 1. The molecule has 19 heavy (non-hydrogen) atoms. The van der Waals surface area contributed by atoms with Crippen LogP contribution in [-0.2, 0) is 0 Å². The summed E-state index contributed by atoms with van der Waals surface area (Å²) in [6, 6.07) is 4.56. The van der Waals surface area contributed by atoms with Crippen LogP contribution in [-0.4, -0.2) is 14.9 Å². The Labute approximate surface area is 120 Å². The maximum Gasteiger partial charge on any atom is 0.311 e. The number of aryl methyl sites for hydroxylation is 1. The Balaban J connectivity index is 2.46. The zero-order valence-electron chi connectivity index (χ0n) is 9.71. The molecule has 0 unspecified atom stereocenters. The molecule has 1 heterocycles. The van der Waals surface area contributed by atoms with Gasteiger partial charge in [0.2, 0.25) is 11.6 Å². The van der Waals surface area contributed by atoms with Gasteiger partial charge in [0.05, 0.1) is 11.3 Å². The van der Waals surface area contributed by atoms with Crippen LogP contribution >= 0.6 is 22.6 Å². The lowest BCUT2D eigenvalue weighted by Crippen LogP contribution is -2.11. The first-order chi connectivity index (χ1) is 8.99. The Bertz CT molecular complexity index is 699. The lowest BCUT2D eigenvalue weighted by molar-refractivity contribution is -0.385. The van der Waals surface area contributed by atoms with Crippen LogP contribution in [0.15, 0.2) is 29.3 Å². The summed E-state index contributed by atoms with van der Waals surface area (Å²) in [6.45, 7) is 1.74. The lowest BCUT2D eigenvalue weighted by Gasteiger charge is -2.06. The molecular formula is C11H8IN3O4. The first-order valence-electron chi connectivity index (χ1n) is 5.15. The minimum absolute atomic E-state index is 0.0382. The molecule has 0 spiro atoms. The van der Waals surface area contributed by atoms with Gasteiger partial charge in [0.15, 0.2) is 0 Å². The Hall–Kier alpha value is -1.97. The van der Waals surface area contributed by atoms with Crippen LogP contribution in [0.25, 0.3) is 0 Å². The Morgan fingerprint density at radius 3 is 2.89 bits per heavy atom. The largest absolute Gasteiger partial charge is 0.430 e. The highest BCUT2D eigenvalue weighted by Gasteiger charge is 2.18. The molecule has 1 N–H and O–H groups in total. The average molecular weight is 373 g/mol. The summed E-state index contributed by atoms with van der Waals surface area (Å²) in [5.74, 6) is 0.0860. The van der Waals surface area contributed by atoms with E-state index in [1.54, 1.807) is 35.6 Å². The molecule has 8 heteroatoms. The van der Waals surface area contributed by atoms with Gasteiger partial charge in [0.1, 0.15) is 3.57 Å². The van der Waals surface area contributed by atoms with E-state index in [4.69, 9.17) is 4.74 Å². The fourth-order valence-electron chi connectivity index (χ4n) is 1.40. The van der Waals surface area contributed by atoms with Crippen molar-refractivity contribution in [2.24, 2.45) is 0 Å². The number of rotatable bonds is 3. The molecule has 0 aliphatic carbocycles. The molecule has 2 aromatic rings. The fourth-order valence-corrected chi connectivity index (χ4v) is 1.80. The molecule has 98 valence electrons. The molecule has 0 atom stereocenters. The quantitative estimate of drug-likeness (QED) is 0.506. The van der Waals surface area contributed by atoms with Crippen molar-refractivity contribution < 1.29 is 9.66 Å². The van der Waals surface area contributed by atoms with Gasteiger partial charge >= 0.3 is 5.69 Å². The predicted octanol–water partition coefficient (Wildman–Crippen LogP) is 2.38. The highest BCUT2D eigenvalue weighted by molar-refractivity contribution is 14.1. The summed E-state index contributed by atoms with van der Waals surface area (Å²) in [5.41, 5.74) is 0.214. The second-order valence-electron chi connectivity index (χ2n) is 3.68. The number of hydrogen-bond acceptors (Lipinski definition) is 5. The molecule has 0 amide bonds. The Morgan fingerprint density at radius 1 is 1.47 bits per heavy atom. The molecule has 0 radical (unpaired) electrons. The minimum atomic E-state index is -0.539. The van der Waals surface area contributed by atoms with Crippen LogP contribution in [0, 0.1) is 20.6 Å². The van der Waals surface area contributed by atoms with Gasteiger partial charge in [-0.2, -0.15) is 0 Å². The Morgan fingerprint density at radius 2 is 2.21 bits per heavy atom. The van der Waals surface area contributed by atoms with Gasteiger partial charge in [0.25, 0.3) is 5.56 Å². The van der Waals surface area contributed by atoms with Crippen molar-refractivity contribution in [3.63, 3.8) is 0 Å². The summed E-state index contributed by atoms with van der Waals surface area (Å²) in [7, 11) is 0. The maximum absolute atomic E-state index is 11.4. The number of nitrogens with one attached hydrogen (secondary N) is 1. The lowest BCUT2D eigenvalue weighted by atomic mass is 10.2.